The van der Waals surface area contributed by atoms with Crippen LogP contribution in [0.4, 0.5) is 0 Å². The van der Waals surface area contributed by atoms with Crippen molar-refractivity contribution in [1.29, 1.82) is 0 Å². The zero-order chi connectivity index (χ0) is 14.3. The zero-order valence-corrected chi connectivity index (χ0v) is 12.9. The summed E-state index contributed by atoms with van der Waals surface area (Å²) >= 11 is 0. The first-order valence-electron chi connectivity index (χ1n) is 6.96. The molecule has 1 aliphatic heterocycles. The van der Waals surface area contributed by atoms with Crippen LogP contribution in [0.15, 0.2) is 0 Å². The van der Waals surface area contributed by atoms with E-state index in [1.54, 1.807) is 4.31 Å². The quantitative estimate of drug-likeness (QED) is 0.665. The summed E-state index contributed by atoms with van der Waals surface area (Å²) in [6, 6.07) is 0.383. The second kappa shape index (κ2) is 8.16. The first-order valence-corrected chi connectivity index (χ1v) is 8.57. The molecule has 7 heteroatoms. The van der Waals surface area contributed by atoms with Gasteiger partial charge in [0, 0.05) is 45.9 Å². The number of sulfonamides is 1. The molecule has 1 saturated heterocycles. The molecule has 19 heavy (non-hydrogen) atoms. The molecule has 0 spiro atoms. The Bertz CT molecular complexity index is 340. The van der Waals surface area contributed by atoms with Gasteiger partial charge in [-0.2, -0.15) is 4.31 Å². The Morgan fingerprint density at radius 1 is 1.26 bits per heavy atom. The highest BCUT2D eigenvalue weighted by atomic mass is 32.2. The van der Waals surface area contributed by atoms with Gasteiger partial charge in [0.25, 0.3) is 0 Å². The number of nitrogens with zero attached hydrogens (tertiary/aromatic N) is 2. The van der Waals surface area contributed by atoms with Crippen LogP contribution in [0, 0.1) is 0 Å². The maximum absolute atomic E-state index is 12.0. The molecule has 1 aliphatic rings. The van der Waals surface area contributed by atoms with Crippen LogP contribution in [0.5, 0.6) is 0 Å². The zero-order valence-electron chi connectivity index (χ0n) is 12.0. The first-order chi connectivity index (χ1) is 9.05. The lowest BCUT2D eigenvalue weighted by molar-refractivity contribution is 0.133. The third-order valence-corrected chi connectivity index (χ3v) is 5.46. The predicted octanol–water partition coefficient (Wildman–Crippen LogP) is -0.292. The minimum Gasteiger partial charge on any atom is -0.384 e. The standard InChI is InChI=1S/C12H27N3O3S/c1-3-4-12(11-13)14-5-7-15(8-6-14)19(16,17)10-9-18-2/h12H,3-11,13H2,1-2H3. The van der Waals surface area contributed by atoms with E-state index in [1.165, 1.54) is 7.11 Å². The third-order valence-electron chi connectivity index (χ3n) is 3.62. The van der Waals surface area contributed by atoms with Gasteiger partial charge in [-0.25, -0.2) is 8.42 Å². The van der Waals surface area contributed by atoms with E-state index in [1.807, 2.05) is 0 Å². The molecule has 1 fully saturated rings. The van der Waals surface area contributed by atoms with Crippen LogP contribution < -0.4 is 5.73 Å². The van der Waals surface area contributed by atoms with Crippen molar-refractivity contribution in [3.05, 3.63) is 0 Å². The summed E-state index contributed by atoms with van der Waals surface area (Å²) in [6.45, 7) is 5.71. The molecule has 1 rings (SSSR count). The summed E-state index contributed by atoms with van der Waals surface area (Å²) in [5.41, 5.74) is 5.79. The predicted molar refractivity (Wildman–Crippen MR) is 76.6 cm³/mol. The summed E-state index contributed by atoms with van der Waals surface area (Å²) in [7, 11) is -1.65. The van der Waals surface area contributed by atoms with Crippen LogP contribution in [0.3, 0.4) is 0 Å². The SMILES string of the molecule is CCCC(CN)N1CCN(S(=O)(=O)CCOC)CC1. The second-order valence-corrected chi connectivity index (χ2v) is 7.01. The molecule has 114 valence electrons. The second-order valence-electron chi connectivity index (χ2n) is 4.92. The molecule has 1 atom stereocenters. The van der Waals surface area contributed by atoms with Gasteiger partial charge < -0.3 is 10.5 Å². The molecule has 0 aliphatic carbocycles. The number of piperazine rings is 1. The lowest BCUT2D eigenvalue weighted by atomic mass is 10.1. The Morgan fingerprint density at radius 3 is 2.37 bits per heavy atom. The number of methoxy groups -OCH3 is 1. The van der Waals surface area contributed by atoms with Crippen LogP contribution in [-0.4, -0.2) is 75.9 Å². The maximum Gasteiger partial charge on any atom is 0.216 e. The molecule has 0 radical (unpaired) electrons. The van der Waals surface area contributed by atoms with Crippen molar-refractivity contribution in [2.75, 3.05) is 52.2 Å². The third kappa shape index (κ3) is 5.00. The number of rotatable bonds is 8. The minimum absolute atomic E-state index is 0.0682. The molecule has 0 bridgehead atoms. The smallest absolute Gasteiger partial charge is 0.216 e. The molecule has 0 saturated carbocycles. The Kier molecular flexibility index (Phi) is 7.23. The van der Waals surface area contributed by atoms with E-state index in [-0.39, 0.29) is 12.4 Å². The van der Waals surface area contributed by atoms with E-state index in [9.17, 15) is 8.42 Å². The van der Waals surface area contributed by atoms with Gasteiger partial charge in [0.05, 0.1) is 12.4 Å². The maximum atomic E-state index is 12.0. The van der Waals surface area contributed by atoms with Crippen molar-refractivity contribution < 1.29 is 13.2 Å². The first kappa shape index (κ1) is 16.8. The number of nitrogens with two attached hydrogens (primary N) is 1. The normalized spacial score (nSPS) is 20.6. The minimum atomic E-state index is -3.16. The summed E-state index contributed by atoms with van der Waals surface area (Å²) in [4.78, 5) is 2.31. The molecular weight excluding hydrogens is 266 g/mol. The molecular formula is C12H27N3O3S. The largest absolute Gasteiger partial charge is 0.384 e. The monoisotopic (exact) mass is 293 g/mol. The van der Waals surface area contributed by atoms with Crippen molar-refractivity contribution in [3.8, 4) is 0 Å². The average molecular weight is 293 g/mol. The molecule has 0 aromatic carbocycles. The number of ether oxygens (including phenoxy) is 1. The van der Waals surface area contributed by atoms with Crippen LogP contribution in [0.25, 0.3) is 0 Å². The number of hydrogen-bond donors (Lipinski definition) is 1. The lowest BCUT2D eigenvalue weighted by Gasteiger charge is -2.38. The van der Waals surface area contributed by atoms with E-state index < -0.39 is 10.0 Å². The molecule has 0 aromatic rings. The fraction of sp³-hybridized carbons (Fsp3) is 1.00. The van der Waals surface area contributed by atoms with E-state index in [0.717, 1.165) is 25.9 Å². The van der Waals surface area contributed by atoms with E-state index in [4.69, 9.17) is 10.5 Å². The fourth-order valence-corrected chi connectivity index (χ4v) is 3.80. The van der Waals surface area contributed by atoms with Gasteiger partial charge in [-0.1, -0.05) is 13.3 Å². The van der Waals surface area contributed by atoms with Gasteiger partial charge in [0.15, 0.2) is 0 Å². The summed E-state index contributed by atoms with van der Waals surface area (Å²) in [5.74, 6) is 0.0682. The molecule has 6 nitrogen and oxygen atoms in total. The van der Waals surface area contributed by atoms with Crippen molar-refractivity contribution >= 4 is 10.0 Å². The summed E-state index contributed by atoms with van der Waals surface area (Å²) in [5, 5.41) is 0. The molecule has 2 N–H and O–H groups in total. The average Bonchev–Trinajstić information content (AvgIpc) is 2.43. The Labute approximate surface area is 116 Å². The topological polar surface area (TPSA) is 75.9 Å². The van der Waals surface area contributed by atoms with Crippen LogP contribution in [0.1, 0.15) is 19.8 Å². The van der Waals surface area contributed by atoms with E-state index in [0.29, 0.717) is 25.7 Å². The summed E-state index contributed by atoms with van der Waals surface area (Å²) < 4.78 is 30.5. The van der Waals surface area contributed by atoms with Crippen LogP contribution in [0.2, 0.25) is 0 Å². The highest BCUT2D eigenvalue weighted by Crippen LogP contribution is 2.13. The Balaban J connectivity index is 2.48. The van der Waals surface area contributed by atoms with Gasteiger partial charge >= 0.3 is 0 Å². The van der Waals surface area contributed by atoms with Gasteiger partial charge in [-0.05, 0) is 6.42 Å². The Morgan fingerprint density at radius 2 is 1.89 bits per heavy atom. The van der Waals surface area contributed by atoms with Crippen molar-refractivity contribution in [3.63, 3.8) is 0 Å². The van der Waals surface area contributed by atoms with Gasteiger partial charge in [-0.3, -0.25) is 4.90 Å². The van der Waals surface area contributed by atoms with Gasteiger partial charge in [0.1, 0.15) is 0 Å². The van der Waals surface area contributed by atoms with Crippen LogP contribution >= 0.6 is 0 Å². The van der Waals surface area contributed by atoms with Crippen molar-refractivity contribution in [2.24, 2.45) is 5.73 Å². The molecule has 1 unspecified atom stereocenters. The molecule has 0 aromatic heterocycles. The number of hydrogen-bond acceptors (Lipinski definition) is 5. The van der Waals surface area contributed by atoms with E-state index in [2.05, 4.69) is 11.8 Å². The Hall–Kier alpha value is -0.210. The van der Waals surface area contributed by atoms with Crippen LogP contribution in [-0.2, 0) is 14.8 Å². The highest BCUT2D eigenvalue weighted by Gasteiger charge is 2.28. The fourth-order valence-electron chi connectivity index (χ4n) is 2.45. The van der Waals surface area contributed by atoms with E-state index >= 15 is 0 Å². The van der Waals surface area contributed by atoms with Crippen molar-refractivity contribution in [1.82, 2.24) is 9.21 Å². The van der Waals surface area contributed by atoms with Gasteiger partial charge in [-0.15, -0.1) is 0 Å². The molecule has 0 amide bonds. The van der Waals surface area contributed by atoms with Gasteiger partial charge in [0.2, 0.25) is 10.0 Å². The highest BCUT2D eigenvalue weighted by molar-refractivity contribution is 7.89. The van der Waals surface area contributed by atoms with Crippen molar-refractivity contribution in [2.45, 2.75) is 25.8 Å². The summed E-state index contributed by atoms with van der Waals surface area (Å²) in [6.07, 6.45) is 2.18. The lowest BCUT2D eigenvalue weighted by Crippen LogP contribution is -2.54. The molecule has 1 heterocycles.